The maximum Gasteiger partial charge on any atom is 0.271 e. The topological polar surface area (TPSA) is 88.1 Å². The van der Waals surface area contributed by atoms with Crippen molar-refractivity contribution in [1.29, 1.82) is 0 Å². The quantitative estimate of drug-likeness (QED) is 0.239. The van der Waals surface area contributed by atoms with Crippen LogP contribution in [0.4, 0.5) is 20.3 Å². The highest BCUT2D eigenvalue weighted by Crippen LogP contribution is 2.34. The molecule has 0 radical (unpaired) electrons. The van der Waals surface area contributed by atoms with Gasteiger partial charge >= 0.3 is 0 Å². The first kappa shape index (κ1) is 35.3. The van der Waals surface area contributed by atoms with E-state index in [1.165, 1.54) is 65.0 Å². The van der Waals surface area contributed by atoms with E-state index in [4.69, 9.17) is 9.47 Å². The Morgan fingerprint density at radius 3 is 2.24 bits per heavy atom. The molecule has 5 rings (SSSR count). The maximum absolute atomic E-state index is 15.5. The summed E-state index contributed by atoms with van der Waals surface area (Å²) in [5.41, 5.74) is 0.742. The third-order valence-corrected chi connectivity index (χ3v) is 10.8. The van der Waals surface area contributed by atoms with E-state index in [-0.39, 0.29) is 18.4 Å². The largest absolute Gasteiger partial charge is 0.497 e. The molecule has 2 heterocycles. The van der Waals surface area contributed by atoms with Gasteiger partial charge in [0.2, 0.25) is 0 Å². The fraction of sp³-hybridized carbons (Fsp3) is 0.529. The maximum atomic E-state index is 15.5. The van der Waals surface area contributed by atoms with E-state index in [1.54, 1.807) is 18.2 Å². The zero-order valence-electron chi connectivity index (χ0n) is 27.6. The average Bonchev–Trinajstić information content (AvgIpc) is 3.07. The number of hydrogen-bond acceptors (Lipinski definition) is 8. The van der Waals surface area contributed by atoms with Gasteiger partial charge in [0, 0.05) is 48.7 Å². The standard InChI is InChI=1S/C26H31F2N5O4S.C8H16/c1-31(2)19-6-5-11-32(16-19)20-12-22(27)26(23(28)13-20)38(34,35)33(25-9-10-29-17-30-25)15-18-7-8-21(36-3)14-24(18)37-4;1-2-8-6-4-3-5-7-8/h7-10,12-14,17,19H,5-6,11,15-16H2,1-4H3;8H,2-7H2,1H3/t19-;/m0./s1. The Morgan fingerprint density at radius 1 is 0.957 bits per heavy atom. The van der Waals surface area contributed by atoms with Crippen LogP contribution >= 0.6 is 0 Å². The van der Waals surface area contributed by atoms with Gasteiger partial charge < -0.3 is 19.3 Å². The molecular formula is C34H47F2N5O4S. The number of methoxy groups -OCH3 is 2. The second-order valence-corrected chi connectivity index (χ2v) is 13.9. The van der Waals surface area contributed by atoms with Crippen molar-refractivity contribution in [3.8, 4) is 11.5 Å². The van der Waals surface area contributed by atoms with E-state index in [2.05, 4.69) is 21.8 Å². The summed E-state index contributed by atoms with van der Waals surface area (Å²) in [5.74, 6) is -0.464. The molecule has 0 amide bonds. The highest BCUT2D eigenvalue weighted by molar-refractivity contribution is 7.92. The van der Waals surface area contributed by atoms with Gasteiger partial charge in [-0.15, -0.1) is 0 Å². The van der Waals surface area contributed by atoms with Crippen molar-refractivity contribution in [2.75, 3.05) is 50.6 Å². The van der Waals surface area contributed by atoms with Crippen LogP contribution in [0.1, 0.15) is 63.9 Å². The molecule has 9 nitrogen and oxygen atoms in total. The van der Waals surface area contributed by atoms with Crippen molar-refractivity contribution in [3.05, 3.63) is 66.1 Å². The Morgan fingerprint density at radius 2 is 1.67 bits per heavy atom. The van der Waals surface area contributed by atoms with Crippen molar-refractivity contribution >= 4 is 21.5 Å². The van der Waals surface area contributed by atoms with Gasteiger partial charge in [-0.3, -0.25) is 0 Å². The lowest BCUT2D eigenvalue weighted by Gasteiger charge is -2.37. The van der Waals surface area contributed by atoms with Gasteiger partial charge in [-0.25, -0.2) is 31.5 Å². The first-order valence-electron chi connectivity index (χ1n) is 16.0. The number of ether oxygens (including phenoxy) is 2. The predicted octanol–water partition coefficient (Wildman–Crippen LogP) is 6.67. The molecule has 252 valence electrons. The van der Waals surface area contributed by atoms with Gasteiger partial charge in [-0.1, -0.05) is 45.4 Å². The molecular weight excluding hydrogens is 612 g/mol. The number of sulfonamides is 1. The molecule has 2 aromatic carbocycles. The molecule has 46 heavy (non-hydrogen) atoms. The van der Waals surface area contributed by atoms with Crippen LogP contribution in [0.15, 0.2) is 53.8 Å². The molecule has 0 spiro atoms. The van der Waals surface area contributed by atoms with Crippen LogP contribution in [0.25, 0.3) is 0 Å². The molecule has 1 saturated heterocycles. The van der Waals surface area contributed by atoms with Crippen molar-refractivity contribution in [2.24, 2.45) is 5.92 Å². The second kappa shape index (κ2) is 16.4. The Bertz CT molecular complexity index is 1500. The smallest absolute Gasteiger partial charge is 0.271 e. The van der Waals surface area contributed by atoms with E-state index in [1.807, 2.05) is 19.0 Å². The van der Waals surface area contributed by atoms with Gasteiger partial charge in [0.25, 0.3) is 10.0 Å². The van der Waals surface area contributed by atoms with Crippen molar-refractivity contribution in [2.45, 2.75) is 75.8 Å². The van der Waals surface area contributed by atoms with Crippen molar-refractivity contribution < 1.29 is 26.7 Å². The monoisotopic (exact) mass is 659 g/mol. The molecule has 0 unspecified atom stereocenters. The van der Waals surface area contributed by atoms with E-state index < -0.39 is 26.6 Å². The SMILES string of the molecule is CCC1CCCCC1.COc1ccc(CN(c2ccncn2)S(=O)(=O)c2c(F)cc(N3CCC[C@H](N(C)C)C3)cc2F)c(OC)c1. The van der Waals surface area contributed by atoms with Gasteiger partial charge in [0.1, 0.15) is 35.3 Å². The summed E-state index contributed by atoms with van der Waals surface area (Å²) >= 11 is 0. The number of aromatic nitrogens is 2. The average molecular weight is 660 g/mol. The third kappa shape index (κ3) is 8.64. The molecule has 3 aromatic rings. The fourth-order valence-electron chi connectivity index (χ4n) is 6.15. The first-order valence-corrected chi connectivity index (χ1v) is 17.4. The number of hydrogen-bond donors (Lipinski definition) is 0. The number of anilines is 2. The summed E-state index contributed by atoms with van der Waals surface area (Å²) < 4.78 is 70.2. The molecule has 1 atom stereocenters. The lowest BCUT2D eigenvalue weighted by Crippen LogP contribution is -2.45. The fourth-order valence-corrected chi connectivity index (χ4v) is 7.64. The molecule has 2 fully saturated rings. The van der Waals surface area contributed by atoms with Gasteiger partial charge in [0.15, 0.2) is 4.90 Å². The minimum atomic E-state index is -4.75. The predicted molar refractivity (Wildman–Crippen MR) is 177 cm³/mol. The van der Waals surface area contributed by atoms with Crippen LogP contribution in [0.3, 0.4) is 0 Å². The lowest BCUT2D eigenvalue weighted by atomic mass is 9.88. The first-order chi connectivity index (χ1) is 22.1. The summed E-state index contributed by atoms with van der Waals surface area (Å²) in [6, 6.07) is 8.60. The van der Waals surface area contributed by atoms with Crippen LogP contribution in [0, 0.1) is 17.6 Å². The molecule has 1 aromatic heterocycles. The van der Waals surface area contributed by atoms with Crippen molar-refractivity contribution in [1.82, 2.24) is 14.9 Å². The summed E-state index contributed by atoms with van der Waals surface area (Å²) in [4.78, 5) is 10.8. The number of benzene rings is 2. The number of nitrogens with zero attached hydrogens (tertiary/aromatic N) is 5. The van der Waals surface area contributed by atoms with Crippen molar-refractivity contribution in [3.63, 3.8) is 0 Å². The Hall–Kier alpha value is -3.51. The molecule has 1 saturated carbocycles. The Labute approximate surface area is 272 Å². The second-order valence-electron chi connectivity index (χ2n) is 12.1. The molecule has 1 aliphatic heterocycles. The zero-order chi connectivity index (χ0) is 33.3. The van der Waals surface area contributed by atoms with E-state index in [9.17, 15) is 8.42 Å². The zero-order valence-corrected chi connectivity index (χ0v) is 28.4. The number of likely N-dealkylation sites (N-methyl/N-ethyl adjacent to an activating group) is 1. The van der Waals surface area contributed by atoms with Crippen LogP contribution < -0.4 is 18.7 Å². The normalized spacial score (nSPS) is 17.3. The third-order valence-electron chi connectivity index (χ3n) is 8.96. The lowest BCUT2D eigenvalue weighted by molar-refractivity contribution is 0.258. The van der Waals surface area contributed by atoms with Crippen LogP contribution in [0.5, 0.6) is 11.5 Å². The van der Waals surface area contributed by atoms with E-state index in [0.717, 1.165) is 41.5 Å². The van der Waals surface area contributed by atoms with Gasteiger partial charge in [-0.2, -0.15) is 0 Å². The molecule has 2 aliphatic rings. The molecule has 12 heteroatoms. The van der Waals surface area contributed by atoms with E-state index >= 15 is 8.78 Å². The summed E-state index contributed by atoms with van der Waals surface area (Å²) in [6.45, 7) is 3.22. The minimum Gasteiger partial charge on any atom is -0.497 e. The number of piperidine rings is 1. The highest BCUT2D eigenvalue weighted by Gasteiger charge is 2.34. The van der Waals surface area contributed by atoms with Crippen LogP contribution in [-0.2, 0) is 16.6 Å². The Kier molecular flexibility index (Phi) is 12.6. The molecule has 1 aliphatic carbocycles. The molecule has 0 N–H and O–H groups in total. The Balaban J connectivity index is 0.000000523. The number of rotatable bonds is 10. The minimum absolute atomic E-state index is 0.0504. The van der Waals surface area contributed by atoms with Crippen LogP contribution in [-0.4, -0.2) is 70.7 Å². The summed E-state index contributed by atoms with van der Waals surface area (Å²) in [7, 11) is 2.10. The molecule has 0 bridgehead atoms. The summed E-state index contributed by atoms with van der Waals surface area (Å²) in [6.07, 6.45) is 13.3. The number of halogens is 2. The van der Waals surface area contributed by atoms with Gasteiger partial charge in [-0.05, 0) is 57.1 Å². The highest BCUT2D eigenvalue weighted by atomic mass is 32.2. The van der Waals surface area contributed by atoms with Gasteiger partial charge in [0.05, 0.1) is 20.8 Å². The van der Waals surface area contributed by atoms with Crippen LogP contribution in [0.2, 0.25) is 0 Å². The van der Waals surface area contributed by atoms with E-state index in [0.29, 0.717) is 35.8 Å². The summed E-state index contributed by atoms with van der Waals surface area (Å²) in [5, 5.41) is 0.